The highest BCUT2D eigenvalue weighted by Crippen LogP contribution is 2.42. The number of carboxylic acid groups (broad SMARTS) is 1. The molecule has 31 heavy (non-hydrogen) atoms. The van der Waals surface area contributed by atoms with Crippen LogP contribution in [0.5, 0.6) is 0 Å². The summed E-state index contributed by atoms with van der Waals surface area (Å²) in [4.78, 5) is 12.7. The fraction of sp³-hybridized carbons (Fsp3) is 0.667. The third-order valence-electron chi connectivity index (χ3n) is 7.35. The van der Waals surface area contributed by atoms with E-state index in [0.29, 0.717) is 0 Å². The Kier molecular flexibility index (Phi) is 9.77. The highest BCUT2D eigenvalue weighted by Gasteiger charge is 2.45. The molecule has 0 aromatic heterocycles. The minimum atomic E-state index is -2.19. The number of carbonyl (C=O) groups is 1. The molecule has 0 radical (unpaired) electrons. The number of rotatable bonds is 5. The highest BCUT2D eigenvalue weighted by molar-refractivity contribution is 6.74. The van der Waals surface area contributed by atoms with Crippen molar-refractivity contribution in [3.05, 3.63) is 47.6 Å². The van der Waals surface area contributed by atoms with Crippen LogP contribution in [0, 0.1) is 17.8 Å². The van der Waals surface area contributed by atoms with Crippen LogP contribution in [-0.2, 0) is 9.22 Å². The number of hydrogen-bond acceptors (Lipinski definition) is 2. The van der Waals surface area contributed by atoms with Gasteiger partial charge in [-0.25, -0.2) is 0 Å². The van der Waals surface area contributed by atoms with Crippen molar-refractivity contribution < 1.29 is 14.3 Å². The van der Waals surface area contributed by atoms with Crippen LogP contribution in [0.25, 0.3) is 0 Å². The van der Waals surface area contributed by atoms with Gasteiger partial charge in [0, 0.05) is 0 Å². The van der Waals surface area contributed by atoms with E-state index in [4.69, 9.17) is 4.43 Å². The maximum atomic E-state index is 12.7. The molecular weight excluding hydrogens is 400 g/mol. The Bertz CT molecular complexity index is 736. The molecule has 2 unspecified atom stereocenters. The van der Waals surface area contributed by atoms with E-state index in [1.54, 1.807) is 0 Å². The first kappa shape index (κ1) is 27.6. The van der Waals surface area contributed by atoms with Crippen LogP contribution in [0.1, 0.15) is 74.1 Å². The molecule has 0 aromatic carbocycles. The quantitative estimate of drug-likeness (QED) is 0.344. The molecule has 1 aliphatic rings. The van der Waals surface area contributed by atoms with Crippen LogP contribution < -0.4 is 0 Å². The number of carboxylic acids is 1. The average Bonchev–Trinajstić information content (AvgIpc) is 2.59. The van der Waals surface area contributed by atoms with Crippen molar-refractivity contribution in [1.29, 1.82) is 0 Å². The molecule has 4 heteroatoms. The van der Waals surface area contributed by atoms with Crippen molar-refractivity contribution in [2.75, 3.05) is 0 Å². The van der Waals surface area contributed by atoms with Crippen molar-refractivity contribution in [2.24, 2.45) is 17.8 Å². The minimum absolute atomic E-state index is 0.00168. The first-order valence-electron chi connectivity index (χ1n) is 11.6. The molecule has 176 valence electrons. The zero-order chi connectivity index (χ0) is 24.1. The Morgan fingerprint density at radius 1 is 1.13 bits per heavy atom. The van der Waals surface area contributed by atoms with Crippen LogP contribution in [0.2, 0.25) is 18.1 Å². The molecule has 1 rings (SSSR count). The first-order valence-corrected chi connectivity index (χ1v) is 14.5. The van der Waals surface area contributed by atoms with Gasteiger partial charge in [-0.3, -0.25) is 4.79 Å². The number of hydrogen-bond donors (Lipinski definition) is 1. The van der Waals surface area contributed by atoms with Gasteiger partial charge in [-0.2, -0.15) is 0 Å². The lowest BCUT2D eigenvalue weighted by Crippen LogP contribution is -2.49. The molecule has 0 spiro atoms. The van der Waals surface area contributed by atoms with Gasteiger partial charge >= 0.3 is 5.97 Å². The van der Waals surface area contributed by atoms with Crippen LogP contribution in [0.4, 0.5) is 0 Å². The molecule has 0 saturated carbocycles. The lowest BCUT2D eigenvalue weighted by Gasteiger charge is -2.43. The van der Waals surface area contributed by atoms with Crippen LogP contribution in [-0.4, -0.2) is 25.5 Å². The summed E-state index contributed by atoms with van der Waals surface area (Å²) in [7, 11) is -2.19. The van der Waals surface area contributed by atoms with Crippen molar-refractivity contribution in [2.45, 2.75) is 98.4 Å². The van der Waals surface area contributed by atoms with Gasteiger partial charge in [0.05, 0.1) is 12.0 Å². The lowest BCUT2D eigenvalue weighted by molar-refractivity contribution is -0.146. The fourth-order valence-corrected chi connectivity index (χ4v) is 5.33. The van der Waals surface area contributed by atoms with E-state index in [-0.39, 0.29) is 16.9 Å². The molecule has 0 fully saturated rings. The molecule has 0 amide bonds. The molecule has 1 aliphatic carbocycles. The minimum Gasteiger partial charge on any atom is -0.481 e. The standard InChI is InChI=1S/C27H46O3Si/c1-18(2)22-16-15-20(5)13-12-14-21(6)25(30-31(10,11)27(7,8)9)24(26(28)29)23(17-22)19(3)4/h14-15,22-25H,1,3,12-13,16-17H2,2,4-11H3,(H,28,29)/b20-15-,21-14-/t22?,23-,24+,25?/m1/s1. The highest BCUT2D eigenvalue weighted by atomic mass is 28.4. The second kappa shape index (κ2) is 11.0. The van der Waals surface area contributed by atoms with E-state index < -0.39 is 26.3 Å². The van der Waals surface area contributed by atoms with Gasteiger partial charge in [0.2, 0.25) is 0 Å². The van der Waals surface area contributed by atoms with E-state index in [0.717, 1.165) is 42.4 Å². The monoisotopic (exact) mass is 446 g/mol. The summed E-state index contributed by atoms with van der Waals surface area (Å²) in [5.74, 6) is -1.40. The number of allylic oxidation sites excluding steroid dienone is 5. The lowest BCUT2D eigenvalue weighted by atomic mass is 9.74. The van der Waals surface area contributed by atoms with E-state index in [9.17, 15) is 9.90 Å². The molecular formula is C27H46O3Si. The summed E-state index contributed by atoms with van der Waals surface area (Å²) in [6, 6.07) is 0. The van der Waals surface area contributed by atoms with E-state index >= 15 is 0 Å². The smallest absolute Gasteiger partial charge is 0.310 e. The molecule has 0 bridgehead atoms. The van der Waals surface area contributed by atoms with Crippen molar-refractivity contribution in [1.82, 2.24) is 0 Å². The van der Waals surface area contributed by atoms with Crippen molar-refractivity contribution >= 4 is 14.3 Å². The zero-order valence-electron chi connectivity index (χ0n) is 21.5. The molecule has 3 nitrogen and oxygen atoms in total. The van der Waals surface area contributed by atoms with Gasteiger partial charge in [-0.15, -0.1) is 0 Å². The SMILES string of the molecule is C=C(C)C1C/C=C(/C)CC/C=C(/C)C(O[Si](C)(C)C(C)(C)C)[C@@H](C(=O)O)[C@@H](C(=C)C)C1. The number of aliphatic carboxylic acids is 1. The topological polar surface area (TPSA) is 46.5 Å². The molecule has 0 aliphatic heterocycles. The molecule has 0 aromatic rings. The van der Waals surface area contributed by atoms with Gasteiger partial charge in [-0.1, -0.05) is 62.8 Å². The Morgan fingerprint density at radius 3 is 2.16 bits per heavy atom. The fourth-order valence-electron chi connectivity index (χ4n) is 4.00. The van der Waals surface area contributed by atoms with Gasteiger partial charge < -0.3 is 9.53 Å². The maximum absolute atomic E-state index is 12.7. The Hall–Kier alpha value is -1.39. The molecule has 4 atom stereocenters. The zero-order valence-corrected chi connectivity index (χ0v) is 22.5. The van der Waals surface area contributed by atoms with Crippen LogP contribution in [0.15, 0.2) is 47.6 Å². The summed E-state index contributed by atoms with van der Waals surface area (Å²) >= 11 is 0. The van der Waals surface area contributed by atoms with Crippen LogP contribution in [0.3, 0.4) is 0 Å². The van der Waals surface area contributed by atoms with Crippen molar-refractivity contribution in [3.8, 4) is 0 Å². The average molecular weight is 447 g/mol. The van der Waals surface area contributed by atoms with Crippen LogP contribution >= 0.6 is 0 Å². The third kappa shape index (κ3) is 7.60. The summed E-state index contributed by atoms with van der Waals surface area (Å²) in [5.41, 5.74) is 4.42. The first-order chi connectivity index (χ1) is 14.1. The van der Waals surface area contributed by atoms with E-state index in [1.807, 2.05) is 13.8 Å². The predicted octanol–water partition coefficient (Wildman–Crippen LogP) is 7.93. The molecule has 0 saturated heterocycles. The molecule has 0 heterocycles. The van der Waals surface area contributed by atoms with Gasteiger partial charge in [0.25, 0.3) is 0 Å². The predicted molar refractivity (Wildman–Crippen MR) is 136 cm³/mol. The van der Waals surface area contributed by atoms with Gasteiger partial charge in [0.1, 0.15) is 0 Å². The largest absolute Gasteiger partial charge is 0.481 e. The third-order valence-corrected chi connectivity index (χ3v) is 11.8. The van der Waals surface area contributed by atoms with Gasteiger partial charge in [-0.05, 0) is 88.9 Å². The summed E-state index contributed by atoms with van der Waals surface area (Å²) in [5, 5.41) is 10.4. The van der Waals surface area contributed by atoms with E-state index in [1.165, 1.54) is 5.57 Å². The summed E-state index contributed by atoms with van der Waals surface area (Å²) in [6.07, 6.45) is 7.55. The molecule has 1 N–H and O–H groups in total. The maximum Gasteiger partial charge on any atom is 0.310 e. The summed E-state index contributed by atoms with van der Waals surface area (Å²) < 4.78 is 6.85. The second-order valence-electron chi connectivity index (χ2n) is 11.2. The second-order valence-corrected chi connectivity index (χ2v) is 15.9. The normalized spacial score (nSPS) is 30.1. The Labute approximate surface area is 192 Å². The van der Waals surface area contributed by atoms with E-state index in [2.05, 4.69) is 73.0 Å². The van der Waals surface area contributed by atoms with Crippen molar-refractivity contribution in [3.63, 3.8) is 0 Å². The summed E-state index contributed by atoms with van der Waals surface area (Å²) in [6.45, 7) is 27.7. The Morgan fingerprint density at radius 2 is 1.71 bits per heavy atom. The Balaban J connectivity index is 3.62. The van der Waals surface area contributed by atoms with Gasteiger partial charge in [0.15, 0.2) is 8.32 Å².